The summed E-state index contributed by atoms with van der Waals surface area (Å²) < 4.78 is 11.7. The van der Waals surface area contributed by atoms with Crippen LogP contribution in [0.4, 0.5) is 16.2 Å². The third kappa shape index (κ3) is 8.14. The predicted octanol–water partition coefficient (Wildman–Crippen LogP) is 5.43. The number of piperazine rings is 1. The van der Waals surface area contributed by atoms with Crippen LogP contribution in [0.1, 0.15) is 52.5 Å². The highest BCUT2D eigenvalue weighted by atomic mass is 16.6. The number of unbranched alkanes of at least 4 members (excludes halogenated alkanes) is 1. The Morgan fingerprint density at radius 2 is 1.81 bits per heavy atom. The number of alkyl carbamates (subject to hydrolysis) is 1. The van der Waals surface area contributed by atoms with Crippen LogP contribution in [0.25, 0.3) is 10.9 Å². The molecule has 11 heteroatoms. The Labute approximate surface area is 246 Å². The summed E-state index contributed by atoms with van der Waals surface area (Å²) in [5.74, 6) is 0.602. The van der Waals surface area contributed by atoms with E-state index in [0.29, 0.717) is 51.3 Å². The average Bonchev–Trinajstić information content (AvgIpc) is 3.36. The Bertz CT molecular complexity index is 1370. The summed E-state index contributed by atoms with van der Waals surface area (Å²) in [6.07, 6.45) is 3.94. The topological polar surface area (TPSA) is 130 Å². The second-order valence-electron chi connectivity index (χ2n) is 11.5. The van der Waals surface area contributed by atoms with Crippen LogP contribution in [0.2, 0.25) is 0 Å². The van der Waals surface area contributed by atoms with Crippen LogP contribution in [0, 0.1) is 10.1 Å². The molecule has 1 aliphatic rings. The van der Waals surface area contributed by atoms with E-state index in [9.17, 15) is 19.7 Å². The first-order chi connectivity index (χ1) is 20.0. The zero-order valence-corrected chi connectivity index (χ0v) is 24.9. The van der Waals surface area contributed by atoms with Gasteiger partial charge in [0.1, 0.15) is 11.4 Å². The van der Waals surface area contributed by atoms with Gasteiger partial charge in [-0.3, -0.25) is 14.9 Å². The number of nitro benzene ring substituents is 1. The maximum absolute atomic E-state index is 13.6. The first kappa shape index (κ1) is 30.7. The molecule has 0 aliphatic carbocycles. The van der Waals surface area contributed by atoms with Gasteiger partial charge in [-0.25, -0.2) is 4.79 Å². The van der Waals surface area contributed by atoms with E-state index in [2.05, 4.69) is 22.1 Å². The maximum Gasteiger partial charge on any atom is 0.407 e. The first-order valence-electron chi connectivity index (χ1n) is 14.6. The largest absolute Gasteiger partial charge is 0.481 e. The normalized spacial score (nSPS) is 14.5. The fourth-order valence-electron chi connectivity index (χ4n) is 5.01. The lowest BCUT2D eigenvalue weighted by molar-refractivity contribution is -0.384. The number of nitrogens with one attached hydrogen (secondary N) is 2. The zero-order valence-electron chi connectivity index (χ0n) is 24.9. The number of benzene rings is 2. The number of ether oxygens (including phenoxy) is 2. The van der Waals surface area contributed by atoms with Crippen molar-refractivity contribution < 1.29 is 24.0 Å². The van der Waals surface area contributed by atoms with Crippen LogP contribution in [-0.2, 0) is 16.0 Å². The maximum atomic E-state index is 13.6. The average molecular weight is 580 g/mol. The molecule has 226 valence electrons. The number of H-pyrrole nitrogens is 1. The third-order valence-electron chi connectivity index (χ3n) is 7.19. The lowest BCUT2D eigenvalue weighted by Gasteiger charge is -2.37. The van der Waals surface area contributed by atoms with Gasteiger partial charge in [0.25, 0.3) is 11.6 Å². The van der Waals surface area contributed by atoms with Crippen LogP contribution in [-0.4, -0.2) is 71.2 Å². The fourth-order valence-corrected chi connectivity index (χ4v) is 5.01. The molecule has 1 fully saturated rings. The van der Waals surface area contributed by atoms with Gasteiger partial charge in [-0.1, -0.05) is 13.3 Å². The minimum absolute atomic E-state index is 0.0252. The summed E-state index contributed by atoms with van der Waals surface area (Å²) in [4.78, 5) is 43.4. The lowest BCUT2D eigenvalue weighted by atomic mass is 10.1. The number of carbonyl (C=O) groups excluding carboxylic acids is 2. The fraction of sp³-hybridized carbons (Fsp3) is 0.484. The van der Waals surface area contributed by atoms with Crippen LogP contribution in [0.3, 0.4) is 0 Å². The number of amides is 2. The summed E-state index contributed by atoms with van der Waals surface area (Å²) in [6, 6.07) is 12.3. The van der Waals surface area contributed by atoms with Crippen molar-refractivity contribution in [2.45, 2.75) is 65.1 Å². The van der Waals surface area contributed by atoms with Crippen LogP contribution in [0.15, 0.2) is 48.7 Å². The molecular weight excluding hydrogens is 538 g/mol. The minimum atomic E-state index is -0.593. The molecule has 1 unspecified atom stereocenters. The molecule has 42 heavy (non-hydrogen) atoms. The van der Waals surface area contributed by atoms with Crippen molar-refractivity contribution in [3.8, 4) is 5.75 Å². The molecule has 1 atom stereocenters. The van der Waals surface area contributed by atoms with Gasteiger partial charge in [-0.05, 0) is 75.9 Å². The number of rotatable bonds is 11. The lowest BCUT2D eigenvalue weighted by Crippen LogP contribution is -2.52. The molecule has 1 saturated heterocycles. The molecule has 4 rings (SSSR count). The second-order valence-corrected chi connectivity index (χ2v) is 11.5. The van der Waals surface area contributed by atoms with Gasteiger partial charge in [0.15, 0.2) is 6.10 Å². The highest BCUT2D eigenvalue weighted by molar-refractivity contribution is 5.85. The van der Waals surface area contributed by atoms with Crippen LogP contribution >= 0.6 is 0 Å². The van der Waals surface area contributed by atoms with E-state index < -0.39 is 22.7 Å². The van der Waals surface area contributed by atoms with Gasteiger partial charge in [0, 0.05) is 67.6 Å². The molecule has 2 heterocycles. The Balaban J connectivity index is 1.38. The van der Waals surface area contributed by atoms with Crippen molar-refractivity contribution in [2.75, 3.05) is 37.6 Å². The van der Waals surface area contributed by atoms with Crippen molar-refractivity contribution in [3.05, 3.63) is 64.3 Å². The number of hydrogen-bond acceptors (Lipinski definition) is 7. The minimum Gasteiger partial charge on any atom is -0.481 e. The van der Waals surface area contributed by atoms with Crippen molar-refractivity contribution in [1.82, 2.24) is 15.2 Å². The van der Waals surface area contributed by atoms with Crippen LogP contribution < -0.4 is 15.0 Å². The molecule has 2 N–H and O–H groups in total. The molecule has 3 aromatic rings. The van der Waals surface area contributed by atoms with E-state index in [1.54, 1.807) is 12.1 Å². The standard InChI is InChI=1S/C31H41N5O6/c1-5-6-7-28(29(37)35-18-16-34(17-19-35)23-8-10-24(11-9-23)36(39)40)41-25-12-13-27-26(20-25)22(21-33-27)14-15-32-30(38)42-31(2,3)4/h8-13,20-21,28,33H,5-7,14-19H2,1-4H3,(H,32,38). The van der Waals surface area contributed by atoms with E-state index in [0.717, 1.165) is 35.0 Å². The summed E-state index contributed by atoms with van der Waals surface area (Å²) in [5, 5.41) is 14.7. The molecular formula is C31H41N5O6. The summed E-state index contributed by atoms with van der Waals surface area (Å²) in [6.45, 7) is 10.4. The molecule has 1 aliphatic heterocycles. The van der Waals surface area contributed by atoms with E-state index in [1.807, 2.05) is 50.1 Å². The molecule has 0 bridgehead atoms. The Hall–Kier alpha value is -4.28. The molecule has 2 amide bonds. The second kappa shape index (κ2) is 13.6. The quantitative estimate of drug-likeness (QED) is 0.229. The van der Waals surface area contributed by atoms with Crippen molar-refractivity contribution in [1.29, 1.82) is 0 Å². The number of anilines is 1. The smallest absolute Gasteiger partial charge is 0.407 e. The van der Waals surface area contributed by atoms with Gasteiger partial charge >= 0.3 is 6.09 Å². The van der Waals surface area contributed by atoms with Gasteiger partial charge in [0.05, 0.1) is 4.92 Å². The zero-order chi connectivity index (χ0) is 30.3. The highest BCUT2D eigenvalue weighted by Gasteiger charge is 2.29. The molecule has 2 aromatic carbocycles. The number of aromatic amines is 1. The molecule has 0 radical (unpaired) electrons. The third-order valence-corrected chi connectivity index (χ3v) is 7.19. The number of non-ortho nitro benzene ring substituents is 1. The van der Waals surface area contributed by atoms with Gasteiger partial charge in [0.2, 0.25) is 0 Å². The summed E-state index contributed by atoms with van der Waals surface area (Å²) in [5.41, 5.74) is 2.40. The predicted molar refractivity (Wildman–Crippen MR) is 162 cm³/mol. The number of nitro groups is 1. The number of hydrogen-bond donors (Lipinski definition) is 2. The van der Waals surface area contributed by atoms with E-state index in [-0.39, 0.29) is 11.6 Å². The molecule has 0 spiro atoms. The monoisotopic (exact) mass is 579 g/mol. The molecule has 0 saturated carbocycles. The van der Waals surface area contributed by atoms with E-state index >= 15 is 0 Å². The number of aromatic nitrogens is 1. The first-order valence-corrected chi connectivity index (χ1v) is 14.6. The number of fused-ring (bicyclic) bond motifs is 1. The Kier molecular flexibility index (Phi) is 9.92. The SMILES string of the molecule is CCCCC(Oc1ccc2[nH]cc(CCNC(=O)OC(C)(C)C)c2c1)C(=O)N1CCN(c2ccc([N+](=O)[O-])cc2)CC1. The van der Waals surface area contributed by atoms with Crippen molar-refractivity contribution in [3.63, 3.8) is 0 Å². The Morgan fingerprint density at radius 3 is 2.45 bits per heavy atom. The number of carbonyl (C=O) groups is 2. The van der Waals surface area contributed by atoms with Gasteiger partial charge < -0.3 is 29.6 Å². The van der Waals surface area contributed by atoms with Crippen molar-refractivity contribution in [2.24, 2.45) is 0 Å². The summed E-state index contributed by atoms with van der Waals surface area (Å²) >= 11 is 0. The highest BCUT2D eigenvalue weighted by Crippen LogP contribution is 2.27. The number of nitrogens with zero attached hydrogens (tertiary/aromatic N) is 3. The van der Waals surface area contributed by atoms with Gasteiger partial charge in [-0.2, -0.15) is 0 Å². The molecule has 1 aromatic heterocycles. The van der Waals surface area contributed by atoms with Crippen molar-refractivity contribution >= 4 is 34.3 Å². The van der Waals surface area contributed by atoms with Gasteiger partial charge in [-0.15, -0.1) is 0 Å². The van der Waals surface area contributed by atoms with Crippen LogP contribution in [0.5, 0.6) is 5.75 Å². The Morgan fingerprint density at radius 1 is 1.10 bits per heavy atom. The van der Waals surface area contributed by atoms with E-state index in [4.69, 9.17) is 9.47 Å². The van der Waals surface area contributed by atoms with E-state index in [1.165, 1.54) is 12.1 Å². The molecule has 11 nitrogen and oxygen atoms in total. The summed E-state index contributed by atoms with van der Waals surface area (Å²) in [7, 11) is 0.